The molecule has 0 aliphatic carbocycles. The van der Waals surface area contributed by atoms with E-state index in [0.717, 1.165) is 0 Å². The molecule has 0 radical (unpaired) electrons. The quantitative estimate of drug-likeness (QED) is 0.323. The van der Waals surface area contributed by atoms with Gasteiger partial charge < -0.3 is 39.5 Å². The number of phenolic OH excluding ortho intramolecular Hbond substituents is 1. The van der Waals surface area contributed by atoms with Crippen molar-refractivity contribution < 1.29 is 39.5 Å². The van der Waals surface area contributed by atoms with E-state index in [-0.39, 0.29) is 34.2 Å². The van der Waals surface area contributed by atoms with Gasteiger partial charge in [-0.2, -0.15) is 0 Å². The van der Waals surface area contributed by atoms with Crippen LogP contribution in [0, 0.1) is 0 Å². The molecule has 1 heterocycles. The van der Waals surface area contributed by atoms with Gasteiger partial charge in [0.05, 0.1) is 10.9 Å². The lowest BCUT2D eigenvalue weighted by Gasteiger charge is -2.24. The highest BCUT2D eigenvalue weighted by Gasteiger charge is 2.30. The molecule has 5 N–H and O–H groups in total. The van der Waals surface area contributed by atoms with E-state index in [1.54, 1.807) is 12.1 Å². The van der Waals surface area contributed by atoms with E-state index < -0.39 is 31.0 Å². The number of rotatable bonds is 8. The second-order valence-electron chi connectivity index (χ2n) is 6.67. The molecule has 0 fully saturated rings. The van der Waals surface area contributed by atoms with Crippen molar-refractivity contribution in [2.24, 2.45) is 0 Å². The molecule has 0 aliphatic rings. The normalized spacial score (nSPS) is 15.3. The third-order valence-electron chi connectivity index (χ3n) is 4.58. The molecule has 3 aromatic rings. The summed E-state index contributed by atoms with van der Waals surface area (Å²) in [6.07, 6.45) is -5.78. The Morgan fingerprint density at radius 3 is 2.37 bits per heavy atom. The predicted molar refractivity (Wildman–Crippen MR) is 105 cm³/mol. The first-order valence-corrected chi connectivity index (χ1v) is 8.97. The maximum Gasteiger partial charge on any atom is 0.200 e. The van der Waals surface area contributed by atoms with Gasteiger partial charge >= 0.3 is 0 Å². The standard InChI is InChI=1S/C21H20O9/c22-8-16(24)20(27)21(28)17(25)10-29-13-5-6-14-18(7-13)30-9-15(19(14)26)11-1-3-12(23)4-2-11/h1-9,16-17,20-21,23-25,27-28H,10H2/t16-,17+,20+,21+/m0/s1. The van der Waals surface area contributed by atoms with Gasteiger partial charge in [0.1, 0.15) is 54.4 Å². The summed E-state index contributed by atoms with van der Waals surface area (Å²) in [5, 5.41) is 48.1. The highest BCUT2D eigenvalue weighted by molar-refractivity contribution is 5.82. The number of ether oxygens (including phenoxy) is 1. The molecule has 3 rings (SSSR count). The molecule has 0 bridgehead atoms. The van der Waals surface area contributed by atoms with E-state index >= 15 is 0 Å². The topological polar surface area (TPSA) is 158 Å². The molecule has 0 saturated heterocycles. The highest BCUT2D eigenvalue weighted by Crippen LogP contribution is 2.24. The predicted octanol–water partition coefficient (Wildman–Crippen LogP) is 0.187. The summed E-state index contributed by atoms with van der Waals surface area (Å²) in [6.45, 7) is -0.453. The van der Waals surface area contributed by atoms with Crippen molar-refractivity contribution in [2.45, 2.75) is 24.4 Å². The Labute approximate surface area is 170 Å². The molecule has 158 valence electrons. The fourth-order valence-corrected chi connectivity index (χ4v) is 2.83. The number of aliphatic hydroxyl groups is 4. The summed E-state index contributed by atoms with van der Waals surface area (Å²) in [4.78, 5) is 23.2. The average Bonchev–Trinajstić information content (AvgIpc) is 2.76. The lowest BCUT2D eigenvalue weighted by molar-refractivity contribution is -0.135. The summed E-state index contributed by atoms with van der Waals surface area (Å²) in [5.41, 5.74) is 0.843. The molecular formula is C21H20O9. The number of fused-ring (bicyclic) bond motifs is 1. The Bertz CT molecular complexity index is 1070. The van der Waals surface area contributed by atoms with Crippen LogP contribution in [-0.2, 0) is 4.79 Å². The first-order valence-electron chi connectivity index (χ1n) is 8.97. The molecule has 0 unspecified atom stereocenters. The number of aliphatic hydroxyl groups excluding tert-OH is 4. The van der Waals surface area contributed by atoms with Gasteiger partial charge in [0, 0.05) is 6.07 Å². The van der Waals surface area contributed by atoms with E-state index in [1.807, 2.05) is 0 Å². The van der Waals surface area contributed by atoms with Crippen LogP contribution >= 0.6 is 0 Å². The van der Waals surface area contributed by atoms with Crippen LogP contribution in [0.25, 0.3) is 22.1 Å². The van der Waals surface area contributed by atoms with Gasteiger partial charge in [-0.1, -0.05) is 12.1 Å². The van der Waals surface area contributed by atoms with Crippen molar-refractivity contribution in [3.63, 3.8) is 0 Å². The average molecular weight is 416 g/mol. The van der Waals surface area contributed by atoms with Crippen molar-refractivity contribution in [3.05, 3.63) is 59.0 Å². The van der Waals surface area contributed by atoms with Crippen molar-refractivity contribution in [1.29, 1.82) is 0 Å². The third-order valence-corrected chi connectivity index (χ3v) is 4.58. The Kier molecular flexibility index (Phi) is 6.48. The van der Waals surface area contributed by atoms with Gasteiger partial charge in [-0.15, -0.1) is 0 Å². The van der Waals surface area contributed by atoms with Gasteiger partial charge in [0.15, 0.2) is 11.7 Å². The summed E-state index contributed by atoms with van der Waals surface area (Å²) in [5.74, 6) is 0.297. The minimum atomic E-state index is -1.87. The molecule has 1 aromatic heterocycles. The number of phenols is 1. The first kappa shape index (κ1) is 21.5. The fourth-order valence-electron chi connectivity index (χ4n) is 2.83. The van der Waals surface area contributed by atoms with Crippen molar-refractivity contribution >= 4 is 17.3 Å². The van der Waals surface area contributed by atoms with Crippen molar-refractivity contribution in [3.8, 4) is 22.6 Å². The van der Waals surface area contributed by atoms with Crippen LogP contribution in [0.5, 0.6) is 11.5 Å². The monoisotopic (exact) mass is 416 g/mol. The Hall–Kier alpha value is -3.24. The second kappa shape index (κ2) is 9.06. The zero-order valence-corrected chi connectivity index (χ0v) is 15.6. The molecule has 30 heavy (non-hydrogen) atoms. The van der Waals surface area contributed by atoms with E-state index in [1.165, 1.54) is 36.6 Å². The van der Waals surface area contributed by atoms with Crippen LogP contribution in [-0.4, -0.2) is 62.8 Å². The highest BCUT2D eigenvalue weighted by atomic mass is 16.5. The van der Waals surface area contributed by atoms with Crippen molar-refractivity contribution in [1.82, 2.24) is 0 Å². The molecule has 0 aliphatic heterocycles. The molecule has 4 atom stereocenters. The largest absolute Gasteiger partial charge is 0.508 e. The maximum atomic E-state index is 12.7. The number of benzene rings is 2. The first-order chi connectivity index (χ1) is 14.3. The van der Waals surface area contributed by atoms with Gasteiger partial charge in [-0.3, -0.25) is 4.79 Å². The number of aromatic hydroxyl groups is 1. The molecule has 2 aromatic carbocycles. The van der Waals surface area contributed by atoms with E-state index in [9.17, 15) is 35.1 Å². The smallest absolute Gasteiger partial charge is 0.200 e. The molecular weight excluding hydrogens is 396 g/mol. The van der Waals surface area contributed by atoms with Gasteiger partial charge in [0.2, 0.25) is 0 Å². The Morgan fingerprint density at radius 1 is 1.00 bits per heavy atom. The van der Waals surface area contributed by atoms with Crippen LogP contribution in [0.1, 0.15) is 0 Å². The lowest BCUT2D eigenvalue weighted by Crippen LogP contribution is -2.47. The molecule has 0 spiro atoms. The number of hydrogen-bond acceptors (Lipinski definition) is 9. The number of hydrogen-bond donors (Lipinski definition) is 5. The minimum Gasteiger partial charge on any atom is -0.508 e. The maximum absolute atomic E-state index is 12.7. The van der Waals surface area contributed by atoms with E-state index in [4.69, 9.17) is 9.15 Å². The Balaban J connectivity index is 1.76. The zero-order chi connectivity index (χ0) is 21.8. The summed E-state index contributed by atoms with van der Waals surface area (Å²) in [7, 11) is 0. The fraction of sp³-hybridized carbons (Fsp3) is 0.238. The molecule has 0 amide bonds. The van der Waals surface area contributed by atoms with Gasteiger partial charge in [-0.05, 0) is 29.8 Å². The summed E-state index contributed by atoms with van der Waals surface area (Å²) >= 11 is 0. The Morgan fingerprint density at radius 2 is 1.70 bits per heavy atom. The minimum absolute atomic E-state index is 0.0409. The van der Waals surface area contributed by atoms with Crippen LogP contribution in [0.2, 0.25) is 0 Å². The van der Waals surface area contributed by atoms with E-state index in [2.05, 4.69) is 0 Å². The third kappa shape index (κ3) is 4.50. The van der Waals surface area contributed by atoms with Gasteiger partial charge in [0.25, 0.3) is 0 Å². The second-order valence-corrected chi connectivity index (χ2v) is 6.67. The van der Waals surface area contributed by atoms with Crippen LogP contribution in [0.3, 0.4) is 0 Å². The van der Waals surface area contributed by atoms with Crippen LogP contribution in [0.4, 0.5) is 0 Å². The molecule has 9 heteroatoms. The number of carbonyl (C=O) groups excluding carboxylic acids is 1. The zero-order valence-electron chi connectivity index (χ0n) is 15.6. The molecule has 0 saturated carbocycles. The lowest BCUT2D eigenvalue weighted by atomic mass is 10.0. The van der Waals surface area contributed by atoms with Gasteiger partial charge in [-0.25, -0.2) is 0 Å². The van der Waals surface area contributed by atoms with Crippen molar-refractivity contribution in [2.75, 3.05) is 6.61 Å². The SMILES string of the molecule is O=C[C@H](O)[C@@H](O)[C@H](O)[C@H](O)COc1ccc2c(=O)c(-c3ccc(O)cc3)coc2c1. The summed E-state index contributed by atoms with van der Waals surface area (Å²) < 4.78 is 10.9. The summed E-state index contributed by atoms with van der Waals surface area (Å²) in [6, 6.07) is 10.5. The van der Waals surface area contributed by atoms with Crippen LogP contribution < -0.4 is 10.2 Å². The number of carbonyl (C=O) groups is 1. The number of aldehydes is 1. The van der Waals surface area contributed by atoms with E-state index in [0.29, 0.717) is 11.1 Å². The van der Waals surface area contributed by atoms with Crippen LogP contribution in [0.15, 0.2) is 57.9 Å². The molecule has 9 nitrogen and oxygen atoms in total.